The van der Waals surface area contributed by atoms with E-state index in [-0.39, 0.29) is 16.7 Å². The molecule has 0 bridgehead atoms. The van der Waals surface area contributed by atoms with Gasteiger partial charge in [0.2, 0.25) is 5.91 Å². The van der Waals surface area contributed by atoms with Crippen LogP contribution in [0.2, 0.25) is 0 Å². The number of anilines is 1. The van der Waals surface area contributed by atoms with Crippen LogP contribution in [0.25, 0.3) is 11.3 Å². The molecule has 0 saturated heterocycles. The van der Waals surface area contributed by atoms with Crippen LogP contribution in [0.4, 0.5) is 5.69 Å². The van der Waals surface area contributed by atoms with Gasteiger partial charge in [0, 0.05) is 30.2 Å². The van der Waals surface area contributed by atoms with E-state index in [0.29, 0.717) is 6.54 Å². The van der Waals surface area contributed by atoms with Gasteiger partial charge >= 0.3 is 0 Å². The quantitative estimate of drug-likeness (QED) is 0.618. The zero-order chi connectivity index (χ0) is 19.9. The first kappa shape index (κ1) is 19.3. The summed E-state index contributed by atoms with van der Waals surface area (Å²) in [5, 5.41) is 4.75. The van der Waals surface area contributed by atoms with Crippen LogP contribution in [0.1, 0.15) is 10.6 Å². The maximum Gasteiger partial charge on any atom is 0.252 e. The van der Waals surface area contributed by atoms with E-state index < -0.39 is 10.0 Å². The van der Waals surface area contributed by atoms with Gasteiger partial charge in [0.1, 0.15) is 4.21 Å². The van der Waals surface area contributed by atoms with E-state index in [0.717, 1.165) is 49.6 Å². The molecule has 0 atom stereocenters. The number of carbonyl (C=O) groups is 1. The van der Waals surface area contributed by atoms with Crippen molar-refractivity contribution in [1.82, 2.24) is 9.29 Å². The van der Waals surface area contributed by atoms with Crippen LogP contribution in [0, 0.1) is 6.92 Å². The Hall–Kier alpha value is -2.07. The molecule has 0 spiro atoms. The van der Waals surface area contributed by atoms with Crippen LogP contribution >= 0.6 is 22.7 Å². The molecule has 1 aliphatic rings. The number of amides is 1. The molecule has 9 heteroatoms. The normalized spacial score (nSPS) is 13.9. The van der Waals surface area contributed by atoms with Gasteiger partial charge in [-0.05, 0) is 42.5 Å². The van der Waals surface area contributed by atoms with E-state index in [4.69, 9.17) is 0 Å². The van der Waals surface area contributed by atoms with E-state index in [1.165, 1.54) is 7.05 Å². The average molecular weight is 434 g/mol. The molecular formula is C19H19N3O3S3. The summed E-state index contributed by atoms with van der Waals surface area (Å²) in [7, 11) is -2.20. The summed E-state index contributed by atoms with van der Waals surface area (Å²) in [6.07, 6.45) is 0.749. The molecule has 1 aromatic carbocycles. The van der Waals surface area contributed by atoms with Gasteiger partial charge in [-0.15, -0.1) is 22.7 Å². The highest BCUT2D eigenvalue weighted by atomic mass is 32.2. The minimum absolute atomic E-state index is 0.188. The fourth-order valence-corrected chi connectivity index (χ4v) is 6.18. The maximum absolute atomic E-state index is 12.8. The summed E-state index contributed by atoms with van der Waals surface area (Å²) < 4.78 is 26.5. The molecule has 0 unspecified atom stereocenters. The molecule has 4 rings (SSSR count). The molecule has 3 heterocycles. The topological polar surface area (TPSA) is 70.6 Å². The Morgan fingerprint density at radius 1 is 1.29 bits per heavy atom. The summed E-state index contributed by atoms with van der Waals surface area (Å²) in [6.45, 7) is 2.34. The third-order valence-electron chi connectivity index (χ3n) is 4.71. The molecule has 28 heavy (non-hydrogen) atoms. The monoisotopic (exact) mass is 433 g/mol. The summed E-state index contributed by atoms with van der Waals surface area (Å²) >= 11 is 2.76. The molecule has 0 N–H and O–H groups in total. The maximum atomic E-state index is 12.8. The van der Waals surface area contributed by atoms with Crippen molar-refractivity contribution in [3.63, 3.8) is 0 Å². The van der Waals surface area contributed by atoms with Gasteiger partial charge in [-0.25, -0.2) is 13.4 Å². The molecule has 146 valence electrons. The Bertz CT molecular complexity index is 1120. The molecule has 3 aromatic rings. The number of aryl methyl sites for hydroxylation is 1. The summed E-state index contributed by atoms with van der Waals surface area (Å²) in [5.74, 6) is -0.223. The first-order valence-electron chi connectivity index (χ1n) is 8.72. The molecule has 0 radical (unpaired) electrons. The molecule has 0 saturated carbocycles. The highest BCUT2D eigenvalue weighted by molar-refractivity contribution is 7.91. The first-order chi connectivity index (χ1) is 13.4. The second-order valence-corrected chi connectivity index (χ2v) is 10.9. The number of rotatable bonds is 5. The van der Waals surface area contributed by atoms with Crippen molar-refractivity contribution < 1.29 is 13.2 Å². The van der Waals surface area contributed by atoms with Gasteiger partial charge in [0.15, 0.2) is 0 Å². The van der Waals surface area contributed by atoms with Crippen molar-refractivity contribution in [3.8, 4) is 11.3 Å². The van der Waals surface area contributed by atoms with Gasteiger partial charge in [-0.1, -0.05) is 12.1 Å². The number of aromatic nitrogens is 1. The number of thiophene rings is 1. The number of benzene rings is 1. The summed E-state index contributed by atoms with van der Waals surface area (Å²) in [6, 6.07) is 9.20. The van der Waals surface area contributed by atoms with Gasteiger partial charge < -0.3 is 4.90 Å². The lowest BCUT2D eigenvalue weighted by atomic mass is 10.1. The molecule has 2 aromatic heterocycles. The van der Waals surface area contributed by atoms with Crippen LogP contribution in [-0.2, 0) is 21.2 Å². The Balaban J connectivity index is 1.52. The zero-order valence-corrected chi connectivity index (χ0v) is 17.9. The predicted octanol–water partition coefficient (Wildman–Crippen LogP) is 3.39. The number of likely N-dealkylation sites (N-methyl/N-ethyl adjacent to an activating group) is 1. The number of thiazole rings is 1. The fraction of sp³-hybridized carbons (Fsp3) is 0.263. The largest absolute Gasteiger partial charge is 0.311 e. The average Bonchev–Trinajstić information content (AvgIpc) is 3.41. The number of hydrogen-bond acceptors (Lipinski definition) is 6. The third-order valence-corrected chi connectivity index (χ3v) is 8.66. The Morgan fingerprint density at radius 2 is 2.11 bits per heavy atom. The number of fused-ring (bicyclic) bond motifs is 1. The fourth-order valence-electron chi connectivity index (χ4n) is 3.24. The lowest BCUT2D eigenvalue weighted by Crippen LogP contribution is -2.40. The zero-order valence-electron chi connectivity index (χ0n) is 15.5. The first-order valence-corrected chi connectivity index (χ1v) is 11.9. The van der Waals surface area contributed by atoms with Crippen molar-refractivity contribution in [2.24, 2.45) is 0 Å². The van der Waals surface area contributed by atoms with Crippen LogP contribution in [0.5, 0.6) is 0 Å². The van der Waals surface area contributed by atoms with Crippen LogP contribution in [0.3, 0.4) is 0 Å². The SMILES string of the molecule is Cc1nc(-c2ccc3c(c2)CCN3C(=O)CN(C)S(=O)(=O)c2cccs2)cs1. The van der Waals surface area contributed by atoms with E-state index in [1.54, 1.807) is 33.7 Å². The number of hydrogen-bond donors (Lipinski definition) is 0. The molecule has 1 aliphatic heterocycles. The van der Waals surface area contributed by atoms with Crippen LogP contribution in [-0.4, -0.2) is 43.8 Å². The van der Waals surface area contributed by atoms with Gasteiger partial charge in [-0.3, -0.25) is 4.79 Å². The number of sulfonamides is 1. The van der Waals surface area contributed by atoms with E-state index in [2.05, 4.69) is 11.1 Å². The highest BCUT2D eigenvalue weighted by Crippen LogP contribution is 2.33. The predicted molar refractivity (Wildman–Crippen MR) is 112 cm³/mol. The number of carbonyl (C=O) groups excluding carboxylic acids is 1. The smallest absolute Gasteiger partial charge is 0.252 e. The molecular weight excluding hydrogens is 414 g/mol. The molecule has 6 nitrogen and oxygen atoms in total. The minimum atomic E-state index is -3.64. The third kappa shape index (κ3) is 3.50. The van der Waals surface area contributed by atoms with Crippen LogP contribution in [0.15, 0.2) is 45.3 Å². The van der Waals surface area contributed by atoms with Crippen LogP contribution < -0.4 is 4.90 Å². The van der Waals surface area contributed by atoms with Gasteiger partial charge in [-0.2, -0.15) is 4.31 Å². The lowest BCUT2D eigenvalue weighted by molar-refractivity contribution is -0.118. The van der Waals surface area contributed by atoms with Crippen molar-refractivity contribution >= 4 is 44.3 Å². The van der Waals surface area contributed by atoms with Crippen molar-refractivity contribution in [1.29, 1.82) is 0 Å². The second-order valence-electron chi connectivity index (χ2n) is 6.58. The highest BCUT2D eigenvalue weighted by Gasteiger charge is 2.29. The Labute approximate surface area is 172 Å². The summed E-state index contributed by atoms with van der Waals surface area (Å²) in [4.78, 5) is 19.0. The Kier molecular flexibility index (Phi) is 5.09. The number of nitrogens with zero attached hydrogens (tertiary/aromatic N) is 3. The van der Waals surface area contributed by atoms with Gasteiger partial charge in [0.05, 0.1) is 17.2 Å². The van der Waals surface area contributed by atoms with Crippen molar-refractivity contribution in [2.75, 3.05) is 25.0 Å². The molecule has 0 fully saturated rings. The van der Waals surface area contributed by atoms with E-state index >= 15 is 0 Å². The van der Waals surface area contributed by atoms with Crippen molar-refractivity contribution in [2.45, 2.75) is 17.6 Å². The molecule has 1 amide bonds. The Morgan fingerprint density at radius 3 is 2.79 bits per heavy atom. The second kappa shape index (κ2) is 7.40. The summed E-state index contributed by atoms with van der Waals surface area (Å²) in [5.41, 5.74) is 3.91. The van der Waals surface area contributed by atoms with Gasteiger partial charge in [0.25, 0.3) is 10.0 Å². The van der Waals surface area contributed by atoms with Crippen molar-refractivity contribution in [3.05, 3.63) is 51.7 Å². The standard InChI is InChI=1S/C19H19N3O3S3/c1-13-20-16(12-27-13)14-5-6-17-15(10-14)7-8-22(17)18(23)11-21(2)28(24,25)19-4-3-9-26-19/h3-6,9-10,12H,7-8,11H2,1-2H3. The van der Waals surface area contributed by atoms with E-state index in [9.17, 15) is 13.2 Å². The molecule has 0 aliphatic carbocycles. The van der Waals surface area contributed by atoms with E-state index in [1.807, 2.05) is 24.4 Å². The lowest BCUT2D eigenvalue weighted by Gasteiger charge is -2.21. The minimum Gasteiger partial charge on any atom is -0.311 e.